The van der Waals surface area contributed by atoms with Gasteiger partial charge in [0.1, 0.15) is 0 Å². The molecule has 0 bridgehead atoms. The Morgan fingerprint density at radius 1 is 1.16 bits per heavy atom. The smallest absolute Gasteiger partial charge is 0.251 e. The lowest BCUT2D eigenvalue weighted by atomic mass is 10.1. The van der Waals surface area contributed by atoms with Crippen LogP contribution in [-0.4, -0.2) is 38.8 Å². The number of rotatable bonds is 9. The standard InChI is InChI=1S/C19H28N2O3.ClH/c1-3-11-23-17-6-5-16(13-18(17)24-12-4-2)19(22)21-14-15-7-9-20-10-8-15;/h5-7,13,20H,3-4,8-12,14H2,1-2H3,(H,21,22);1H. The largest absolute Gasteiger partial charge is 0.490 e. The topological polar surface area (TPSA) is 59.6 Å². The molecule has 0 unspecified atom stereocenters. The lowest BCUT2D eigenvalue weighted by molar-refractivity contribution is 0.0956. The van der Waals surface area contributed by atoms with Crippen molar-refractivity contribution < 1.29 is 14.3 Å². The molecule has 1 aliphatic rings. The van der Waals surface area contributed by atoms with Gasteiger partial charge in [-0.3, -0.25) is 4.79 Å². The van der Waals surface area contributed by atoms with Crippen molar-refractivity contribution in [1.82, 2.24) is 10.6 Å². The fraction of sp³-hybridized carbons (Fsp3) is 0.526. The molecule has 2 N–H and O–H groups in total. The molecule has 0 atom stereocenters. The quantitative estimate of drug-likeness (QED) is 0.656. The van der Waals surface area contributed by atoms with E-state index in [1.165, 1.54) is 5.57 Å². The predicted molar refractivity (Wildman–Crippen MR) is 103 cm³/mol. The van der Waals surface area contributed by atoms with E-state index >= 15 is 0 Å². The summed E-state index contributed by atoms with van der Waals surface area (Å²) in [5, 5.41) is 6.25. The minimum absolute atomic E-state index is 0. The van der Waals surface area contributed by atoms with E-state index in [2.05, 4.69) is 30.6 Å². The van der Waals surface area contributed by atoms with Gasteiger partial charge in [0.25, 0.3) is 5.91 Å². The molecule has 0 spiro atoms. The number of hydrogen-bond acceptors (Lipinski definition) is 4. The Labute approximate surface area is 156 Å². The Kier molecular flexibility index (Phi) is 10.0. The van der Waals surface area contributed by atoms with Gasteiger partial charge in [-0.15, -0.1) is 12.4 Å². The Morgan fingerprint density at radius 2 is 1.88 bits per heavy atom. The number of carbonyl (C=O) groups excluding carboxylic acids is 1. The van der Waals surface area contributed by atoms with Gasteiger partial charge in [-0.2, -0.15) is 0 Å². The van der Waals surface area contributed by atoms with E-state index in [9.17, 15) is 4.79 Å². The maximum absolute atomic E-state index is 12.4. The molecule has 1 aromatic carbocycles. The third-order valence-electron chi connectivity index (χ3n) is 3.76. The van der Waals surface area contributed by atoms with Gasteiger partial charge in [-0.05, 0) is 44.0 Å². The molecule has 1 aliphatic heterocycles. The number of carbonyl (C=O) groups is 1. The molecular formula is C19H29ClN2O3. The van der Waals surface area contributed by atoms with Crippen LogP contribution in [0.4, 0.5) is 0 Å². The summed E-state index contributed by atoms with van der Waals surface area (Å²) >= 11 is 0. The average molecular weight is 369 g/mol. The van der Waals surface area contributed by atoms with Crippen LogP contribution in [0, 0.1) is 0 Å². The third kappa shape index (κ3) is 6.96. The maximum Gasteiger partial charge on any atom is 0.251 e. The SMILES string of the molecule is CCCOc1ccc(C(=O)NCC2=CCNCC2)cc1OCCC.Cl. The molecule has 5 nitrogen and oxygen atoms in total. The van der Waals surface area contributed by atoms with Crippen LogP contribution < -0.4 is 20.1 Å². The van der Waals surface area contributed by atoms with Crippen molar-refractivity contribution in [3.8, 4) is 11.5 Å². The zero-order chi connectivity index (χ0) is 17.2. The van der Waals surface area contributed by atoms with E-state index < -0.39 is 0 Å². The Bertz CT molecular complexity index is 576. The second-order valence-corrected chi connectivity index (χ2v) is 5.86. The van der Waals surface area contributed by atoms with Crippen molar-refractivity contribution in [2.24, 2.45) is 0 Å². The summed E-state index contributed by atoms with van der Waals surface area (Å²) in [6, 6.07) is 5.38. The molecule has 0 aliphatic carbocycles. The number of amides is 1. The molecule has 2 rings (SSSR count). The summed E-state index contributed by atoms with van der Waals surface area (Å²) in [4.78, 5) is 12.4. The van der Waals surface area contributed by atoms with Gasteiger partial charge in [0.2, 0.25) is 0 Å². The van der Waals surface area contributed by atoms with Crippen LogP contribution in [0.5, 0.6) is 11.5 Å². The zero-order valence-corrected chi connectivity index (χ0v) is 15.9. The van der Waals surface area contributed by atoms with Crippen LogP contribution in [0.2, 0.25) is 0 Å². The molecule has 1 aromatic rings. The van der Waals surface area contributed by atoms with Crippen LogP contribution in [0.15, 0.2) is 29.8 Å². The number of hydrogen-bond donors (Lipinski definition) is 2. The molecule has 1 amide bonds. The fourth-order valence-corrected chi connectivity index (χ4v) is 2.43. The highest BCUT2D eigenvalue weighted by molar-refractivity contribution is 5.95. The monoisotopic (exact) mass is 368 g/mol. The maximum atomic E-state index is 12.4. The highest BCUT2D eigenvalue weighted by atomic mass is 35.5. The van der Waals surface area contributed by atoms with Crippen molar-refractivity contribution in [3.05, 3.63) is 35.4 Å². The molecule has 0 radical (unpaired) electrons. The fourth-order valence-electron chi connectivity index (χ4n) is 2.43. The number of benzene rings is 1. The molecule has 0 saturated carbocycles. The lowest BCUT2D eigenvalue weighted by Crippen LogP contribution is -2.29. The average Bonchev–Trinajstić information content (AvgIpc) is 2.63. The van der Waals surface area contributed by atoms with Crippen molar-refractivity contribution in [3.63, 3.8) is 0 Å². The van der Waals surface area contributed by atoms with Gasteiger partial charge in [-0.25, -0.2) is 0 Å². The van der Waals surface area contributed by atoms with E-state index in [1.807, 2.05) is 6.07 Å². The second-order valence-electron chi connectivity index (χ2n) is 5.86. The van der Waals surface area contributed by atoms with Crippen molar-refractivity contribution >= 4 is 18.3 Å². The Balaban J connectivity index is 0.00000312. The minimum atomic E-state index is -0.0853. The number of ether oxygens (including phenoxy) is 2. The van der Waals surface area contributed by atoms with Gasteiger partial charge in [0.15, 0.2) is 11.5 Å². The molecule has 0 saturated heterocycles. The van der Waals surface area contributed by atoms with Crippen LogP contribution in [0.25, 0.3) is 0 Å². The van der Waals surface area contributed by atoms with Gasteiger partial charge < -0.3 is 20.1 Å². The number of halogens is 1. The van der Waals surface area contributed by atoms with E-state index in [0.29, 0.717) is 36.8 Å². The summed E-state index contributed by atoms with van der Waals surface area (Å²) in [6.07, 6.45) is 4.96. The lowest BCUT2D eigenvalue weighted by Gasteiger charge is -2.16. The first kappa shape index (κ1) is 21.3. The van der Waals surface area contributed by atoms with Gasteiger partial charge >= 0.3 is 0 Å². The van der Waals surface area contributed by atoms with Crippen LogP contribution in [-0.2, 0) is 0 Å². The summed E-state index contributed by atoms with van der Waals surface area (Å²) in [7, 11) is 0. The molecule has 0 aromatic heterocycles. The minimum Gasteiger partial charge on any atom is -0.490 e. The van der Waals surface area contributed by atoms with Gasteiger partial charge in [0, 0.05) is 18.7 Å². The van der Waals surface area contributed by atoms with Crippen LogP contribution in [0.1, 0.15) is 43.5 Å². The van der Waals surface area contributed by atoms with Crippen molar-refractivity contribution in [1.29, 1.82) is 0 Å². The van der Waals surface area contributed by atoms with E-state index in [-0.39, 0.29) is 18.3 Å². The van der Waals surface area contributed by atoms with Gasteiger partial charge in [-0.1, -0.05) is 25.5 Å². The van der Waals surface area contributed by atoms with Crippen molar-refractivity contribution in [2.75, 3.05) is 32.8 Å². The Hall–Kier alpha value is -1.72. The third-order valence-corrected chi connectivity index (χ3v) is 3.76. The Morgan fingerprint density at radius 3 is 2.52 bits per heavy atom. The zero-order valence-electron chi connectivity index (χ0n) is 15.1. The highest BCUT2D eigenvalue weighted by Crippen LogP contribution is 2.29. The number of nitrogens with one attached hydrogen (secondary N) is 2. The predicted octanol–water partition coefficient (Wildman–Crippen LogP) is 3.34. The normalized spacial score (nSPS) is 13.4. The summed E-state index contributed by atoms with van der Waals surface area (Å²) < 4.78 is 11.4. The molecule has 6 heteroatoms. The molecule has 1 heterocycles. The van der Waals surface area contributed by atoms with E-state index in [4.69, 9.17) is 9.47 Å². The first-order valence-corrected chi connectivity index (χ1v) is 8.81. The second kappa shape index (κ2) is 11.8. The van der Waals surface area contributed by atoms with E-state index in [0.717, 1.165) is 32.4 Å². The molecule has 0 fully saturated rings. The molecule has 25 heavy (non-hydrogen) atoms. The van der Waals surface area contributed by atoms with Crippen molar-refractivity contribution in [2.45, 2.75) is 33.1 Å². The highest BCUT2D eigenvalue weighted by Gasteiger charge is 2.12. The summed E-state index contributed by atoms with van der Waals surface area (Å²) in [6.45, 7) is 7.80. The molecule has 140 valence electrons. The van der Waals surface area contributed by atoms with Crippen LogP contribution >= 0.6 is 12.4 Å². The first-order chi connectivity index (χ1) is 11.7. The first-order valence-electron chi connectivity index (χ1n) is 8.81. The summed E-state index contributed by atoms with van der Waals surface area (Å²) in [5.41, 5.74) is 1.87. The van der Waals surface area contributed by atoms with E-state index in [1.54, 1.807) is 12.1 Å². The van der Waals surface area contributed by atoms with Crippen LogP contribution in [0.3, 0.4) is 0 Å². The molecular weight excluding hydrogens is 340 g/mol. The van der Waals surface area contributed by atoms with Gasteiger partial charge in [0.05, 0.1) is 13.2 Å². The summed E-state index contributed by atoms with van der Waals surface area (Å²) in [5.74, 6) is 1.25.